The summed E-state index contributed by atoms with van der Waals surface area (Å²) in [5.74, 6) is 0. The molecule has 0 fully saturated rings. The molecule has 56 valence electrons. The van der Waals surface area contributed by atoms with Crippen LogP contribution < -0.4 is 0 Å². The molecule has 1 rings (SSSR count). The van der Waals surface area contributed by atoms with Crippen molar-refractivity contribution in [3.05, 3.63) is 23.1 Å². The molecule has 1 aliphatic carbocycles. The first-order chi connectivity index (χ1) is 4.66. The molecule has 1 atom stereocenters. The van der Waals surface area contributed by atoms with Crippen molar-refractivity contribution < 1.29 is 0 Å². The molecule has 0 spiro atoms. The van der Waals surface area contributed by atoms with Crippen LogP contribution in [0.2, 0.25) is 0 Å². The summed E-state index contributed by atoms with van der Waals surface area (Å²) < 4.78 is 0. The highest BCUT2D eigenvalue weighted by atomic mass is 32.1. The maximum absolute atomic E-state index is 4.25. The van der Waals surface area contributed by atoms with E-state index in [4.69, 9.17) is 0 Å². The van der Waals surface area contributed by atoms with Crippen LogP contribution >= 0.6 is 12.6 Å². The fourth-order valence-electron chi connectivity index (χ4n) is 1.02. The molecule has 0 radical (unpaired) electrons. The average molecular weight is 154 g/mol. The Bertz CT molecular complexity index is 179. The van der Waals surface area contributed by atoms with E-state index in [1.807, 2.05) is 0 Å². The van der Waals surface area contributed by atoms with Crippen LogP contribution in [0.25, 0.3) is 0 Å². The van der Waals surface area contributed by atoms with Crippen molar-refractivity contribution in [1.29, 1.82) is 0 Å². The highest BCUT2D eigenvalue weighted by molar-refractivity contribution is 7.84. The fourth-order valence-corrected chi connectivity index (χ4v) is 1.19. The van der Waals surface area contributed by atoms with Crippen LogP contribution in [-0.2, 0) is 0 Å². The molecule has 0 nitrogen and oxygen atoms in total. The van der Waals surface area contributed by atoms with E-state index in [0.717, 1.165) is 11.3 Å². The van der Waals surface area contributed by atoms with Crippen molar-refractivity contribution in [2.45, 2.75) is 26.7 Å². The second kappa shape index (κ2) is 2.83. The Hall–Kier alpha value is -0.170. The second-order valence-electron chi connectivity index (χ2n) is 3.17. The normalized spacial score (nSPS) is 32.1. The molecule has 0 aromatic heterocycles. The third-order valence-electron chi connectivity index (χ3n) is 2.24. The predicted octanol–water partition coefficient (Wildman–Crippen LogP) is 3.18. The molecular weight excluding hydrogens is 140 g/mol. The van der Waals surface area contributed by atoms with E-state index in [-0.39, 0.29) is 0 Å². The molecule has 10 heavy (non-hydrogen) atoms. The van der Waals surface area contributed by atoms with Gasteiger partial charge in [-0.15, -0.1) is 12.6 Å². The predicted molar refractivity (Wildman–Crippen MR) is 49.2 cm³/mol. The quantitative estimate of drug-likeness (QED) is 0.551. The van der Waals surface area contributed by atoms with Gasteiger partial charge in [0.05, 0.1) is 0 Å². The van der Waals surface area contributed by atoms with E-state index in [1.165, 1.54) is 6.42 Å². The summed E-state index contributed by atoms with van der Waals surface area (Å²) in [5, 5.41) is 0. The lowest BCUT2D eigenvalue weighted by Crippen LogP contribution is -2.12. The Labute approximate surface area is 68.4 Å². The van der Waals surface area contributed by atoms with E-state index < -0.39 is 0 Å². The Kier molecular flexibility index (Phi) is 2.24. The first-order valence-electron chi connectivity index (χ1n) is 3.75. The van der Waals surface area contributed by atoms with Crippen LogP contribution in [0.3, 0.4) is 0 Å². The lowest BCUT2D eigenvalue weighted by Gasteiger charge is -2.25. The zero-order chi connectivity index (χ0) is 7.61. The van der Waals surface area contributed by atoms with E-state index in [1.54, 1.807) is 0 Å². The van der Waals surface area contributed by atoms with Gasteiger partial charge in [-0.1, -0.05) is 32.1 Å². The van der Waals surface area contributed by atoms with Crippen molar-refractivity contribution in [3.8, 4) is 0 Å². The number of hydrogen-bond donors (Lipinski definition) is 1. The lowest BCUT2D eigenvalue weighted by atomic mass is 9.81. The van der Waals surface area contributed by atoms with E-state index >= 15 is 0 Å². The minimum Gasteiger partial charge on any atom is -0.144 e. The van der Waals surface area contributed by atoms with Gasteiger partial charge >= 0.3 is 0 Å². The van der Waals surface area contributed by atoms with E-state index in [0.29, 0.717) is 5.41 Å². The second-order valence-corrected chi connectivity index (χ2v) is 3.69. The van der Waals surface area contributed by atoms with Gasteiger partial charge < -0.3 is 0 Å². The van der Waals surface area contributed by atoms with Gasteiger partial charge in [-0.05, 0) is 23.2 Å². The molecule has 0 bridgehead atoms. The molecule has 0 heterocycles. The van der Waals surface area contributed by atoms with E-state index in [9.17, 15) is 0 Å². The summed E-state index contributed by atoms with van der Waals surface area (Å²) in [5.41, 5.74) is 0.395. The number of thiol groups is 1. The average Bonchev–Trinajstić information content (AvgIpc) is 1.96. The Morgan fingerprint density at radius 1 is 1.70 bits per heavy atom. The molecule has 0 saturated heterocycles. The molecule has 0 amide bonds. The van der Waals surface area contributed by atoms with Crippen LogP contribution in [-0.4, -0.2) is 0 Å². The molecule has 0 saturated carbocycles. The zero-order valence-corrected chi connectivity index (χ0v) is 7.49. The number of allylic oxidation sites excluding steroid dienone is 3. The van der Waals surface area contributed by atoms with Crippen LogP contribution in [0, 0.1) is 5.41 Å². The first kappa shape index (κ1) is 7.93. The maximum Gasteiger partial charge on any atom is -0.000264 e. The number of rotatable bonds is 1. The minimum atomic E-state index is 0.395. The van der Waals surface area contributed by atoms with Gasteiger partial charge in [0, 0.05) is 0 Å². The van der Waals surface area contributed by atoms with Crippen molar-refractivity contribution in [1.82, 2.24) is 0 Å². The van der Waals surface area contributed by atoms with Gasteiger partial charge in [0.25, 0.3) is 0 Å². The number of hydrogen-bond acceptors (Lipinski definition) is 1. The lowest BCUT2D eigenvalue weighted by molar-refractivity contribution is 0.413. The third-order valence-corrected chi connectivity index (χ3v) is 2.57. The largest absolute Gasteiger partial charge is 0.144 e. The van der Waals surface area contributed by atoms with Gasteiger partial charge in [0.2, 0.25) is 0 Å². The van der Waals surface area contributed by atoms with Gasteiger partial charge in [-0.2, -0.15) is 0 Å². The van der Waals surface area contributed by atoms with Crippen molar-refractivity contribution in [2.75, 3.05) is 0 Å². The SMILES string of the molecule is CCC1(C)C=CC(S)=CC1. The van der Waals surface area contributed by atoms with Crippen molar-refractivity contribution in [3.63, 3.8) is 0 Å². The summed E-state index contributed by atoms with van der Waals surface area (Å²) in [7, 11) is 0. The maximum atomic E-state index is 4.25. The van der Waals surface area contributed by atoms with Crippen LogP contribution in [0.4, 0.5) is 0 Å². The summed E-state index contributed by atoms with van der Waals surface area (Å²) in [6.45, 7) is 4.50. The summed E-state index contributed by atoms with van der Waals surface area (Å²) >= 11 is 4.25. The molecule has 0 aliphatic heterocycles. The highest BCUT2D eigenvalue weighted by Crippen LogP contribution is 2.32. The van der Waals surface area contributed by atoms with Crippen LogP contribution in [0.1, 0.15) is 26.7 Å². The van der Waals surface area contributed by atoms with Crippen molar-refractivity contribution >= 4 is 12.6 Å². The Morgan fingerprint density at radius 2 is 2.40 bits per heavy atom. The summed E-state index contributed by atoms with van der Waals surface area (Å²) in [6, 6.07) is 0. The standard InChI is InChI=1S/C9H14S/c1-3-9(2)6-4-8(10)5-7-9/h4-6,10H,3,7H2,1-2H3. The molecule has 1 heteroatoms. The van der Waals surface area contributed by atoms with Gasteiger partial charge in [0.15, 0.2) is 0 Å². The molecular formula is C9H14S. The zero-order valence-electron chi connectivity index (χ0n) is 6.59. The highest BCUT2D eigenvalue weighted by Gasteiger charge is 2.18. The minimum absolute atomic E-state index is 0.395. The molecule has 1 aliphatic rings. The smallest absolute Gasteiger partial charge is 0.000264 e. The Balaban J connectivity index is 2.67. The van der Waals surface area contributed by atoms with Gasteiger partial charge in [0.1, 0.15) is 0 Å². The fraction of sp³-hybridized carbons (Fsp3) is 0.556. The molecule has 0 aromatic carbocycles. The van der Waals surface area contributed by atoms with Crippen molar-refractivity contribution in [2.24, 2.45) is 5.41 Å². The first-order valence-corrected chi connectivity index (χ1v) is 4.19. The molecule has 0 aromatic rings. The van der Waals surface area contributed by atoms with Gasteiger partial charge in [-0.3, -0.25) is 0 Å². The summed E-state index contributed by atoms with van der Waals surface area (Å²) in [4.78, 5) is 1.10. The monoisotopic (exact) mass is 154 g/mol. The van der Waals surface area contributed by atoms with Gasteiger partial charge in [-0.25, -0.2) is 0 Å². The summed E-state index contributed by atoms with van der Waals surface area (Å²) in [6.07, 6.45) is 8.89. The van der Waals surface area contributed by atoms with Crippen LogP contribution in [0.5, 0.6) is 0 Å². The van der Waals surface area contributed by atoms with E-state index in [2.05, 4.69) is 44.7 Å². The third kappa shape index (κ3) is 1.66. The Morgan fingerprint density at radius 3 is 2.80 bits per heavy atom. The van der Waals surface area contributed by atoms with Crippen LogP contribution in [0.15, 0.2) is 23.1 Å². The molecule has 1 unspecified atom stereocenters. The topological polar surface area (TPSA) is 0 Å². The molecule has 0 N–H and O–H groups in total.